The Morgan fingerprint density at radius 1 is 1.33 bits per heavy atom. The summed E-state index contributed by atoms with van der Waals surface area (Å²) in [6.07, 6.45) is 2.38. The van der Waals surface area contributed by atoms with Crippen LogP contribution in [0, 0.1) is 6.92 Å². The van der Waals surface area contributed by atoms with Crippen molar-refractivity contribution in [2.45, 2.75) is 32.6 Å². The third-order valence-electron chi connectivity index (χ3n) is 2.73. The molecular formula is C12H17N3O2S. The summed E-state index contributed by atoms with van der Waals surface area (Å²) in [7, 11) is 0. The van der Waals surface area contributed by atoms with Crippen LogP contribution >= 0.6 is 11.3 Å². The normalized spacial score (nSPS) is 14.3. The second-order valence-electron chi connectivity index (χ2n) is 4.48. The highest BCUT2D eigenvalue weighted by molar-refractivity contribution is 7.13. The van der Waals surface area contributed by atoms with E-state index in [4.69, 9.17) is 0 Å². The third kappa shape index (κ3) is 3.29. The van der Waals surface area contributed by atoms with Gasteiger partial charge in [-0.25, -0.2) is 4.98 Å². The molecule has 1 aromatic rings. The summed E-state index contributed by atoms with van der Waals surface area (Å²) in [4.78, 5) is 27.7. The minimum absolute atomic E-state index is 0.0887. The van der Waals surface area contributed by atoms with Crippen molar-refractivity contribution in [2.24, 2.45) is 0 Å². The number of nitrogens with one attached hydrogen (secondary N) is 2. The molecule has 1 heterocycles. The highest BCUT2D eigenvalue weighted by Crippen LogP contribution is 2.42. The van der Waals surface area contributed by atoms with E-state index >= 15 is 0 Å². The maximum absolute atomic E-state index is 11.9. The van der Waals surface area contributed by atoms with Crippen LogP contribution < -0.4 is 10.6 Å². The van der Waals surface area contributed by atoms with Crippen molar-refractivity contribution < 1.29 is 9.59 Å². The third-order valence-corrected chi connectivity index (χ3v) is 4.05. The maximum Gasteiger partial charge on any atom is 0.263 e. The summed E-state index contributed by atoms with van der Waals surface area (Å²) < 4.78 is 0. The smallest absolute Gasteiger partial charge is 0.263 e. The summed E-state index contributed by atoms with van der Waals surface area (Å²) in [6.45, 7) is 4.21. The van der Waals surface area contributed by atoms with E-state index in [1.165, 1.54) is 31.1 Å². The summed E-state index contributed by atoms with van der Waals surface area (Å²) in [5.74, 6) is 0.395. The second kappa shape index (κ2) is 5.48. The lowest BCUT2D eigenvalue weighted by Gasteiger charge is -2.04. The first-order valence-corrected chi connectivity index (χ1v) is 6.89. The molecule has 1 aromatic heterocycles. The molecule has 6 heteroatoms. The molecule has 1 saturated carbocycles. The summed E-state index contributed by atoms with van der Waals surface area (Å²) in [6, 6.07) is 0. The van der Waals surface area contributed by atoms with Crippen LogP contribution in [0.3, 0.4) is 0 Å². The van der Waals surface area contributed by atoms with Crippen molar-refractivity contribution in [1.82, 2.24) is 15.6 Å². The Labute approximate surface area is 110 Å². The van der Waals surface area contributed by atoms with Crippen LogP contribution in [-0.2, 0) is 4.79 Å². The number of carbonyl (C=O) groups is 2. The monoisotopic (exact) mass is 267 g/mol. The average molecular weight is 267 g/mol. The molecule has 0 spiro atoms. The molecule has 0 unspecified atom stereocenters. The van der Waals surface area contributed by atoms with Crippen LogP contribution in [-0.4, -0.2) is 29.9 Å². The van der Waals surface area contributed by atoms with E-state index in [9.17, 15) is 9.59 Å². The number of thiazole rings is 1. The molecular weight excluding hydrogens is 250 g/mol. The molecule has 0 saturated heterocycles. The summed E-state index contributed by atoms with van der Waals surface area (Å²) in [5, 5.41) is 6.50. The van der Waals surface area contributed by atoms with Gasteiger partial charge in [-0.15, -0.1) is 11.3 Å². The molecule has 1 aliphatic rings. The van der Waals surface area contributed by atoms with Gasteiger partial charge in [0.05, 0.1) is 10.7 Å². The maximum atomic E-state index is 11.9. The molecule has 2 amide bonds. The Morgan fingerprint density at radius 2 is 2.00 bits per heavy atom. The van der Waals surface area contributed by atoms with Crippen molar-refractivity contribution >= 4 is 23.2 Å². The number of hydrogen-bond donors (Lipinski definition) is 2. The number of hydrogen-bond acceptors (Lipinski definition) is 4. The van der Waals surface area contributed by atoms with Crippen LogP contribution in [0.1, 0.15) is 46.1 Å². The van der Waals surface area contributed by atoms with Gasteiger partial charge < -0.3 is 10.6 Å². The minimum atomic E-state index is -0.0951. The summed E-state index contributed by atoms with van der Waals surface area (Å²) >= 11 is 1.49. The van der Waals surface area contributed by atoms with Crippen molar-refractivity contribution in [1.29, 1.82) is 0 Å². The predicted octanol–water partition coefficient (Wildman–Crippen LogP) is 1.19. The Balaban J connectivity index is 1.86. The van der Waals surface area contributed by atoms with Crippen LogP contribution in [0.4, 0.5) is 0 Å². The van der Waals surface area contributed by atoms with Gasteiger partial charge in [-0.2, -0.15) is 0 Å². The molecule has 2 N–H and O–H groups in total. The van der Waals surface area contributed by atoms with Gasteiger partial charge in [-0.05, 0) is 19.8 Å². The number of carbonyl (C=O) groups excluding carboxylic acids is 2. The first-order valence-electron chi connectivity index (χ1n) is 6.08. The first-order chi connectivity index (χ1) is 8.58. The van der Waals surface area contributed by atoms with E-state index in [1.54, 1.807) is 0 Å². The van der Waals surface area contributed by atoms with E-state index in [0.717, 1.165) is 10.7 Å². The highest BCUT2D eigenvalue weighted by Gasteiger charge is 2.28. The molecule has 0 radical (unpaired) electrons. The molecule has 0 atom stereocenters. The second-order valence-corrected chi connectivity index (χ2v) is 5.51. The van der Waals surface area contributed by atoms with Crippen molar-refractivity contribution in [3.05, 3.63) is 15.6 Å². The number of amides is 2. The van der Waals surface area contributed by atoms with Crippen molar-refractivity contribution in [2.75, 3.05) is 13.1 Å². The van der Waals surface area contributed by atoms with E-state index in [1.807, 2.05) is 6.92 Å². The highest BCUT2D eigenvalue weighted by atomic mass is 32.1. The van der Waals surface area contributed by atoms with Gasteiger partial charge in [0.1, 0.15) is 4.88 Å². The topological polar surface area (TPSA) is 71.1 Å². The van der Waals surface area contributed by atoms with E-state index in [2.05, 4.69) is 15.6 Å². The van der Waals surface area contributed by atoms with Gasteiger partial charge in [0.25, 0.3) is 5.91 Å². The Hall–Kier alpha value is -1.43. The van der Waals surface area contributed by atoms with Crippen molar-refractivity contribution in [3.8, 4) is 0 Å². The van der Waals surface area contributed by atoms with Crippen LogP contribution in [0.15, 0.2) is 0 Å². The van der Waals surface area contributed by atoms with Crippen LogP contribution in [0.5, 0.6) is 0 Å². The van der Waals surface area contributed by atoms with Crippen molar-refractivity contribution in [3.63, 3.8) is 0 Å². The molecule has 0 bridgehead atoms. The lowest BCUT2D eigenvalue weighted by atomic mass is 10.3. The fourth-order valence-electron chi connectivity index (χ4n) is 1.63. The molecule has 0 aromatic carbocycles. The number of aryl methyl sites for hydroxylation is 1. The number of nitrogens with zero attached hydrogens (tertiary/aromatic N) is 1. The Bertz CT molecular complexity index is 466. The van der Waals surface area contributed by atoms with Crippen LogP contribution in [0.2, 0.25) is 0 Å². The fraction of sp³-hybridized carbons (Fsp3) is 0.583. The zero-order chi connectivity index (χ0) is 13.1. The average Bonchev–Trinajstić information content (AvgIpc) is 3.08. The fourth-order valence-corrected chi connectivity index (χ4v) is 2.78. The molecule has 5 nitrogen and oxygen atoms in total. The largest absolute Gasteiger partial charge is 0.355 e. The van der Waals surface area contributed by atoms with Gasteiger partial charge in [0.15, 0.2) is 0 Å². The predicted molar refractivity (Wildman–Crippen MR) is 69.8 cm³/mol. The molecule has 1 aliphatic carbocycles. The quantitative estimate of drug-likeness (QED) is 0.787. The van der Waals surface area contributed by atoms with Gasteiger partial charge >= 0.3 is 0 Å². The lowest BCUT2D eigenvalue weighted by Crippen LogP contribution is -2.33. The Kier molecular flexibility index (Phi) is 3.96. The zero-order valence-electron chi connectivity index (χ0n) is 10.6. The minimum Gasteiger partial charge on any atom is -0.355 e. The molecule has 2 rings (SSSR count). The lowest BCUT2D eigenvalue weighted by molar-refractivity contribution is -0.118. The van der Waals surface area contributed by atoms with E-state index < -0.39 is 0 Å². The molecule has 0 aliphatic heterocycles. The van der Waals surface area contributed by atoms with Gasteiger partial charge in [-0.3, -0.25) is 9.59 Å². The molecule has 18 heavy (non-hydrogen) atoms. The molecule has 1 fully saturated rings. The summed E-state index contributed by atoms with van der Waals surface area (Å²) in [5.41, 5.74) is 0.805. The first kappa shape index (κ1) is 13.0. The van der Waals surface area contributed by atoms with E-state index in [0.29, 0.717) is 23.9 Å². The van der Waals surface area contributed by atoms with Crippen LogP contribution in [0.25, 0.3) is 0 Å². The van der Waals surface area contributed by atoms with E-state index in [-0.39, 0.29) is 11.8 Å². The number of rotatable bonds is 5. The Morgan fingerprint density at radius 3 is 2.61 bits per heavy atom. The zero-order valence-corrected chi connectivity index (χ0v) is 11.4. The van der Waals surface area contributed by atoms with Gasteiger partial charge in [0.2, 0.25) is 5.91 Å². The van der Waals surface area contributed by atoms with Gasteiger partial charge in [0, 0.05) is 25.9 Å². The molecule has 98 valence electrons. The van der Waals surface area contributed by atoms with Gasteiger partial charge in [-0.1, -0.05) is 0 Å². The standard InChI is InChI=1S/C12H17N3O2S/c1-7-10(18-12(15-7)9-3-4-9)11(17)14-6-5-13-8(2)16/h9H,3-6H2,1-2H3,(H,13,16)(H,14,17). The number of aromatic nitrogens is 1. The SMILES string of the molecule is CC(=O)NCCNC(=O)c1sc(C2CC2)nc1C.